The number of phenolic OH excluding ortho intramolecular Hbond substituents is 1. The monoisotopic (exact) mass is 212 g/mol. The SMILES string of the molecule is O=C(C[C@@H]1COc2cc(O)ccc21)OF. The fraction of sp³-hybridized carbons (Fsp3) is 0.300. The Kier molecular flexibility index (Phi) is 2.45. The molecule has 1 aromatic rings. The maximum Gasteiger partial charge on any atom is 0.349 e. The maximum absolute atomic E-state index is 11.5. The molecule has 0 saturated carbocycles. The summed E-state index contributed by atoms with van der Waals surface area (Å²) >= 11 is 0. The van der Waals surface area contributed by atoms with Gasteiger partial charge in [-0.25, -0.2) is 4.79 Å². The molecular formula is C10H9FO4. The summed E-state index contributed by atoms with van der Waals surface area (Å²) in [6, 6.07) is 4.63. The van der Waals surface area contributed by atoms with Crippen LogP contribution in [0.3, 0.4) is 0 Å². The second kappa shape index (κ2) is 3.76. The quantitative estimate of drug-likeness (QED) is 0.810. The summed E-state index contributed by atoms with van der Waals surface area (Å²) in [6.07, 6.45) is -0.0612. The Morgan fingerprint density at radius 2 is 2.47 bits per heavy atom. The lowest BCUT2D eigenvalue weighted by atomic mass is 9.98. The summed E-state index contributed by atoms with van der Waals surface area (Å²) in [4.78, 5) is 13.8. The first-order chi connectivity index (χ1) is 7.20. The van der Waals surface area contributed by atoms with Gasteiger partial charge >= 0.3 is 5.97 Å². The molecule has 0 amide bonds. The summed E-state index contributed by atoms with van der Waals surface area (Å²) in [5.41, 5.74) is 0.790. The predicted molar refractivity (Wildman–Crippen MR) is 48.2 cm³/mol. The predicted octanol–water partition coefficient (Wildman–Crippen LogP) is 1.69. The lowest BCUT2D eigenvalue weighted by molar-refractivity contribution is -0.184. The number of benzene rings is 1. The Morgan fingerprint density at radius 1 is 1.67 bits per heavy atom. The first-order valence-corrected chi connectivity index (χ1v) is 4.48. The van der Waals surface area contributed by atoms with E-state index < -0.39 is 5.97 Å². The molecule has 15 heavy (non-hydrogen) atoms. The van der Waals surface area contributed by atoms with Crippen LogP contribution in [0.1, 0.15) is 17.9 Å². The Balaban J connectivity index is 2.18. The van der Waals surface area contributed by atoms with Crippen molar-refractivity contribution in [3.63, 3.8) is 0 Å². The summed E-state index contributed by atoms with van der Waals surface area (Å²) < 4.78 is 16.8. The molecule has 4 nitrogen and oxygen atoms in total. The van der Waals surface area contributed by atoms with Crippen LogP contribution in [0, 0.1) is 0 Å². The number of ether oxygens (including phenoxy) is 1. The number of rotatable bonds is 2. The van der Waals surface area contributed by atoms with Gasteiger partial charge in [0.15, 0.2) is 0 Å². The van der Waals surface area contributed by atoms with Crippen molar-refractivity contribution in [1.82, 2.24) is 0 Å². The van der Waals surface area contributed by atoms with Gasteiger partial charge < -0.3 is 9.84 Å². The molecule has 1 heterocycles. The molecule has 1 aliphatic heterocycles. The molecule has 1 aliphatic rings. The van der Waals surface area contributed by atoms with Crippen molar-refractivity contribution in [2.24, 2.45) is 0 Å². The van der Waals surface area contributed by atoms with E-state index in [1.165, 1.54) is 12.1 Å². The minimum atomic E-state index is -0.912. The maximum atomic E-state index is 11.5. The first kappa shape index (κ1) is 9.76. The van der Waals surface area contributed by atoms with Crippen LogP contribution >= 0.6 is 0 Å². The van der Waals surface area contributed by atoms with E-state index in [1.807, 2.05) is 0 Å². The van der Waals surface area contributed by atoms with E-state index in [1.54, 1.807) is 6.07 Å². The molecule has 0 saturated heterocycles. The molecule has 0 aromatic heterocycles. The highest BCUT2D eigenvalue weighted by molar-refractivity contribution is 5.70. The number of hydrogen-bond acceptors (Lipinski definition) is 4. The molecule has 1 N–H and O–H groups in total. The summed E-state index contributed by atoms with van der Waals surface area (Å²) in [7, 11) is 0. The Bertz CT molecular complexity index is 391. The van der Waals surface area contributed by atoms with E-state index in [-0.39, 0.29) is 18.1 Å². The molecule has 1 aromatic carbocycles. The Morgan fingerprint density at radius 3 is 3.20 bits per heavy atom. The second-order valence-electron chi connectivity index (χ2n) is 3.38. The molecule has 5 heteroatoms. The number of hydrogen-bond donors (Lipinski definition) is 1. The van der Waals surface area contributed by atoms with Gasteiger partial charge in [0.1, 0.15) is 11.5 Å². The standard InChI is InChI=1S/C10H9FO4/c11-15-10(13)3-6-5-14-9-4-7(12)1-2-8(6)9/h1-2,4,6,12H,3,5H2/t6-/m1/s1. The van der Waals surface area contributed by atoms with Crippen molar-refractivity contribution in [2.45, 2.75) is 12.3 Å². The van der Waals surface area contributed by atoms with E-state index >= 15 is 0 Å². The Labute approximate surface area is 85.1 Å². The third-order valence-electron chi connectivity index (χ3n) is 2.38. The topological polar surface area (TPSA) is 55.8 Å². The van der Waals surface area contributed by atoms with Gasteiger partial charge in [0.2, 0.25) is 0 Å². The zero-order chi connectivity index (χ0) is 10.8. The minimum Gasteiger partial charge on any atom is -0.508 e. The van der Waals surface area contributed by atoms with Crippen LogP contribution in [0.15, 0.2) is 18.2 Å². The molecule has 0 spiro atoms. The largest absolute Gasteiger partial charge is 0.508 e. The molecule has 1 atom stereocenters. The van der Waals surface area contributed by atoms with E-state index in [2.05, 4.69) is 4.94 Å². The highest BCUT2D eigenvalue weighted by atomic mass is 19.3. The van der Waals surface area contributed by atoms with Gasteiger partial charge in [-0.05, 0) is 6.07 Å². The summed E-state index contributed by atoms with van der Waals surface area (Å²) in [5, 5.41) is 9.18. The van der Waals surface area contributed by atoms with Gasteiger partial charge in [0.05, 0.1) is 13.0 Å². The molecular weight excluding hydrogens is 203 g/mol. The molecule has 80 valence electrons. The number of carbonyl (C=O) groups excluding carboxylic acids is 1. The Hall–Kier alpha value is -1.78. The number of aromatic hydroxyl groups is 1. The van der Waals surface area contributed by atoms with Crippen LogP contribution in [0.5, 0.6) is 11.5 Å². The van der Waals surface area contributed by atoms with E-state index in [0.29, 0.717) is 12.4 Å². The lowest BCUT2D eigenvalue weighted by Crippen LogP contribution is -2.08. The van der Waals surface area contributed by atoms with Crippen molar-refractivity contribution >= 4 is 5.97 Å². The zero-order valence-corrected chi connectivity index (χ0v) is 7.77. The fourth-order valence-electron chi connectivity index (χ4n) is 1.67. The number of carbonyl (C=O) groups is 1. The van der Waals surface area contributed by atoms with Crippen molar-refractivity contribution in [3.8, 4) is 11.5 Å². The van der Waals surface area contributed by atoms with Gasteiger partial charge in [0.25, 0.3) is 0 Å². The number of phenols is 1. The summed E-state index contributed by atoms with van der Waals surface area (Å²) in [5.74, 6) is -0.484. The normalized spacial score (nSPS) is 18.1. The first-order valence-electron chi connectivity index (χ1n) is 4.48. The second-order valence-corrected chi connectivity index (χ2v) is 3.38. The molecule has 2 rings (SSSR count). The van der Waals surface area contributed by atoms with E-state index in [9.17, 15) is 14.4 Å². The lowest BCUT2D eigenvalue weighted by Gasteiger charge is -2.04. The molecule has 0 fully saturated rings. The third kappa shape index (κ3) is 1.86. The molecule has 0 aliphatic carbocycles. The van der Waals surface area contributed by atoms with Crippen molar-refractivity contribution < 1.29 is 24.1 Å². The molecule has 0 bridgehead atoms. The van der Waals surface area contributed by atoms with Crippen LogP contribution in [0.4, 0.5) is 4.53 Å². The number of halogens is 1. The van der Waals surface area contributed by atoms with Gasteiger partial charge in [0, 0.05) is 22.1 Å². The van der Waals surface area contributed by atoms with Crippen LogP contribution in [-0.4, -0.2) is 17.7 Å². The van der Waals surface area contributed by atoms with Crippen LogP contribution < -0.4 is 4.74 Å². The smallest absolute Gasteiger partial charge is 0.349 e. The van der Waals surface area contributed by atoms with Gasteiger partial charge in [-0.15, -0.1) is 0 Å². The van der Waals surface area contributed by atoms with Crippen molar-refractivity contribution in [3.05, 3.63) is 23.8 Å². The zero-order valence-electron chi connectivity index (χ0n) is 7.77. The van der Waals surface area contributed by atoms with E-state index in [0.717, 1.165) is 5.56 Å². The molecule has 0 radical (unpaired) electrons. The van der Waals surface area contributed by atoms with Gasteiger partial charge in [-0.1, -0.05) is 6.07 Å². The third-order valence-corrected chi connectivity index (χ3v) is 2.38. The number of fused-ring (bicyclic) bond motifs is 1. The average molecular weight is 212 g/mol. The fourth-order valence-corrected chi connectivity index (χ4v) is 1.67. The van der Waals surface area contributed by atoms with Crippen molar-refractivity contribution in [1.29, 1.82) is 0 Å². The van der Waals surface area contributed by atoms with Crippen LogP contribution in [0.2, 0.25) is 0 Å². The van der Waals surface area contributed by atoms with Crippen LogP contribution in [0.25, 0.3) is 0 Å². The molecule has 0 unspecified atom stereocenters. The average Bonchev–Trinajstić information content (AvgIpc) is 2.60. The minimum absolute atomic E-state index is 0.0612. The summed E-state index contributed by atoms with van der Waals surface area (Å²) in [6.45, 7) is 0.299. The highest BCUT2D eigenvalue weighted by Gasteiger charge is 2.27. The van der Waals surface area contributed by atoms with E-state index in [4.69, 9.17) is 4.74 Å². The van der Waals surface area contributed by atoms with Crippen LogP contribution in [-0.2, 0) is 9.74 Å². The van der Waals surface area contributed by atoms with Crippen molar-refractivity contribution in [2.75, 3.05) is 6.61 Å². The van der Waals surface area contributed by atoms with Gasteiger partial charge in [-0.2, -0.15) is 0 Å². The van der Waals surface area contributed by atoms with Gasteiger partial charge in [-0.3, -0.25) is 4.94 Å². The highest BCUT2D eigenvalue weighted by Crippen LogP contribution is 2.37.